The first-order valence-corrected chi connectivity index (χ1v) is 11.6. The molecule has 0 N–H and O–H groups in total. The van der Waals surface area contributed by atoms with Gasteiger partial charge in [0.15, 0.2) is 5.76 Å². The highest BCUT2D eigenvalue weighted by molar-refractivity contribution is 5.94. The van der Waals surface area contributed by atoms with E-state index < -0.39 is 12.4 Å². The van der Waals surface area contributed by atoms with Crippen LogP contribution in [0.5, 0.6) is 0 Å². The summed E-state index contributed by atoms with van der Waals surface area (Å²) in [5.41, 5.74) is 4.53. The fourth-order valence-corrected chi connectivity index (χ4v) is 3.44. The lowest BCUT2D eigenvalue weighted by Gasteiger charge is -2.21. The third kappa shape index (κ3) is 6.86. The minimum atomic E-state index is -0.978. The molecule has 1 aromatic carbocycles. The number of nitriles is 1. The van der Waals surface area contributed by atoms with Gasteiger partial charge in [0.05, 0.1) is 12.3 Å². The van der Waals surface area contributed by atoms with Crippen LogP contribution in [0.15, 0.2) is 24.3 Å². The van der Waals surface area contributed by atoms with Crippen molar-refractivity contribution in [3.8, 4) is 6.07 Å². The molecular formula is C27H37N3O4. The zero-order valence-electron chi connectivity index (χ0n) is 21.9. The Hall–Kier alpha value is -3.27. The van der Waals surface area contributed by atoms with Crippen LogP contribution in [0.25, 0.3) is 11.3 Å². The van der Waals surface area contributed by atoms with Crippen molar-refractivity contribution in [3.05, 3.63) is 52.3 Å². The molecule has 7 heteroatoms. The van der Waals surface area contributed by atoms with E-state index in [-0.39, 0.29) is 12.0 Å². The van der Waals surface area contributed by atoms with Gasteiger partial charge >= 0.3 is 6.16 Å². The third-order valence-electron chi connectivity index (χ3n) is 5.58. The van der Waals surface area contributed by atoms with Gasteiger partial charge in [-0.2, -0.15) is 10.4 Å². The number of carbonyl (C=O) groups excluding carboxylic acids is 1. The molecule has 0 fully saturated rings. The van der Waals surface area contributed by atoms with Crippen LogP contribution in [-0.2, 0) is 26.7 Å². The summed E-state index contributed by atoms with van der Waals surface area (Å²) in [5, 5.41) is 14.6. The number of nitrogens with zero attached hydrogens (tertiary/aromatic N) is 3. The van der Waals surface area contributed by atoms with Crippen molar-refractivity contribution >= 4 is 17.5 Å². The maximum Gasteiger partial charge on any atom is 0.511 e. The molecule has 2 aromatic rings. The SMILES string of the molecule is Cc1nn(C)c(/C(OC(C)OC(=O)OCCC(C)C)=C(\C#N)c2ccc(C(C)(C)C)cc2)c1C. The Morgan fingerprint density at radius 1 is 1.12 bits per heavy atom. The highest BCUT2D eigenvalue weighted by Crippen LogP contribution is 2.32. The Morgan fingerprint density at radius 2 is 1.74 bits per heavy atom. The van der Waals surface area contributed by atoms with E-state index in [2.05, 4.69) is 31.9 Å². The number of hydrogen-bond donors (Lipinski definition) is 0. The van der Waals surface area contributed by atoms with Crippen LogP contribution < -0.4 is 0 Å². The number of hydrogen-bond acceptors (Lipinski definition) is 6. The lowest BCUT2D eigenvalue weighted by Crippen LogP contribution is -2.20. The predicted molar refractivity (Wildman–Crippen MR) is 133 cm³/mol. The smallest absolute Gasteiger partial charge is 0.451 e. The summed E-state index contributed by atoms with van der Waals surface area (Å²) in [6.07, 6.45) is -1.04. The van der Waals surface area contributed by atoms with Gasteiger partial charge in [-0.05, 0) is 42.7 Å². The average molecular weight is 468 g/mol. The van der Waals surface area contributed by atoms with Crippen LogP contribution in [0.2, 0.25) is 0 Å². The first-order valence-electron chi connectivity index (χ1n) is 11.6. The average Bonchev–Trinajstić information content (AvgIpc) is 2.98. The van der Waals surface area contributed by atoms with E-state index in [1.54, 1.807) is 18.7 Å². The Bertz CT molecular complexity index is 1070. The van der Waals surface area contributed by atoms with Crippen molar-refractivity contribution in [2.24, 2.45) is 13.0 Å². The predicted octanol–water partition coefficient (Wildman–Crippen LogP) is 6.29. The second kappa shape index (κ2) is 11.2. The topological polar surface area (TPSA) is 86.4 Å². The molecule has 184 valence electrons. The lowest BCUT2D eigenvalue weighted by molar-refractivity contribution is -0.0676. The van der Waals surface area contributed by atoms with Crippen LogP contribution in [0.4, 0.5) is 4.79 Å². The molecule has 0 aliphatic rings. The Kier molecular flexibility index (Phi) is 8.92. The van der Waals surface area contributed by atoms with Gasteiger partial charge in [-0.25, -0.2) is 4.79 Å². The van der Waals surface area contributed by atoms with Crippen LogP contribution in [0, 0.1) is 31.1 Å². The van der Waals surface area contributed by atoms with Crippen LogP contribution >= 0.6 is 0 Å². The summed E-state index contributed by atoms with van der Waals surface area (Å²) in [4.78, 5) is 12.1. The van der Waals surface area contributed by atoms with Crippen LogP contribution in [0.1, 0.15) is 76.0 Å². The molecule has 0 saturated heterocycles. The monoisotopic (exact) mass is 467 g/mol. The Morgan fingerprint density at radius 3 is 2.21 bits per heavy atom. The van der Waals surface area contributed by atoms with Gasteiger partial charge in [-0.1, -0.05) is 58.9 Å². The van der Waals surface area contributed by atoms with Gasteiger partial charge < -0.3 is 14.2 Å². The fourth-order valence-electron chi connectivity index (χ4n) is 3.44. The van der Waals surface area contributed by atoms with Crippen molar-refractivity contribution < 1.29 is 19.0 Å². The number of carbonyl (C=O) groups is 1. The minimum Gasteiger partial charge on any atom is -0.451 e. The summed E-state index contributed by atoms with van der Waals surface area (Å²) >= 11 is 0. The molecule has 1 heterocycles. The summed E-state index contributed by atoms with van der Waals surface area (Å²) in [5.74, 6) is 0.712. The normalized spacial score (nSPS) is 13.2. The molecule has 1 unspecified atom stereocenters. The zero-order valence-corrected chi connectivity index (χ0v) is 21.9. The van der Waals surface area contributed by atoms with Crippen molar-refractivity contribution in [1.29, 1.82) is 5.26 Å². The van der Waals surface area contributed by atoms with Crippen molar-refractivity contribution in [3.63, 3.8) is 0 Å². The zero-order chi connectivity index (χ0) is 25.6. The number of aryl methyl sites for hydroxylation is 2. The molecule has 0 aliphatic carbocycles. The first kappa shape index (κ1) is 27.0. The number of aromatic nitrogens is 2. The Labute approximate surface area is 203 Å². The van der Waals surface area contributed by atoms with Crippen LogP contribution in [0.3, 0.4) is 0 Å². The van der Waals surface area contributed by atoms with E-state index in [4.69, 9.17) is 14.2 Å². The summed E-state index contributed by atoms with van der Waals surface area (Å²) < 4.78 is 18.2. The van der Waals surface area contributed by atoms with Gasteiger partial charge in [0, 0.05) is 19.5 Å². The molecule has 1 atom stereocenters. The molecular weight excluding hydrogens is 430 g/mol. The van der Waals surface area contributed by atoms with Gasteiger partial charge in [0.25, 0.3) is 0 Å². The number of rotatable bonds is 8. The highest BCUT2D eigenvalue weighted by Gasteiger charge is 2.25. The molecule has 0 saturated carbocycles. The van der Waals surface area contributed by atoms with Crippen LogP contribution in [-0.4, -0.2) is 28.8 Å². The molecule has 0 amide bonds. The van der Waals surface area contributed by atoms with E-state index in [1.165, 1.54) is 0 Å². The molecule has 1 aromatic heterocycles. The standard InChI is InChI=1S/C27H37N3O4/c1-17(2)14-15-32-26(31)34-20(5)33-25(24-18(3)19(4)29-30(24)9)23(16-28)21-10-12-22(13-11-21)27(6,7)8/h10-13,17,20H,14-15H2,1-9H3/b25-23-. The quantitative estimate of drug-likeness (QED) is 0.196. The van der Waals surface area contributed by atoms with E-state index in [1.807, 2.05) is 52.0 Å². The summed E-state index contributed by atoms with van der Waals surface area (Å²) in [6.45, 7) is 16.2. The molecule has 0 bridgehead atoms. The van der Waals surface area contributed by atoms with Gasteiger partial charge in [-0.3, -0.25) is 4.68 Å². The first-order chi connectivity index (χ1) is 15.8. The maximum atomic E-state index is 12.1. The van der Waals surface area contributed by atoms with Gasteiger partial charge in [0.1, 0.15) is 17.3 Å². The second-order valence-electron chi connectivity index (χ2n) is 9.91. The largest absolute Gasteiger partial charge is 0.511 e. The molecule has 7 nitrogen and oxygen atoms in total. The molecule has 0 aliphatic heterocycles. The van der Waals surface area contributed by atoms with E-state index in [0.717, 1.165) is 23.2 Å². The molecule has 0 spiro atoms. The van der Waals surface area contributed by atoms with E-state index in [0.29, 0.717) is 28.5 Å². The second-order valence-corrected chi connectivity index (χ2v) is 9.91. The molecule has 34 heavy (non-hydrogen) atoms. The maximum absolute atomic E-state index is 12.1. The summed E-state index contributed by atoms with van der Waals surface area (Å²) in [7, 11) is 1.79. The van der Waals surface area contributed by atoms with E-state index >= 15 is 0 Å². The molecule has 2 rings (SSSR count). The highest BCUT2D eigenvalue weighted by atomic mass is 16.8. The van der Waals surface area contributed by atoms with E-state index in [9.17, 15) is 10.1 Å². The number of ether oxygens (including phenoxy) is 3. The minimum absolute atomic E-state index is 0.0115. The number of allylic oxidation sites excluding steroid dienone is 1. The number of benzene rings is 1. The fraction of sp³-hybridized carbons (Fsp3) is 0.519. The van der Waals surface area contributed by atoms with Crippen molar-refractivity contribution in [1.82, 2.24) is 9.78 Å². The lowest BCUT2D eigenvalue weighted by atomic mass is 9.86. The molecule has 0 radical (unpaired) electrons. The van der Waals surface area contributed by atoms with Gasteiger partial charge in [0.2, 0.25) is 6.29 Å². The van der Waals surface area contributed by atoms with Crippen molar-refractivity contribution in [2.75, 3.05) is 6.61 Å². The summed E-state index contributed by atoms with van der Waals surface area (Å²) in [6, 6.07) is 10.1. The van der Waals surface area contributed by atoms with Gasteiger partial charge in [-0.15, -0.1) is 0 Å². The Balaban J connectivity index is 2.44. The van der Waals surface area contributed by atoms with Crippen molar-refractivity contribution in [2.45, 2.75) is 73.5 Å². The third-order valence-corrected chi connectivity index (χ3v) is 5.58.